The van der Waals surface area contributed by atoms with Gasteiger partial charge in [0.2, 0.25) is 0 Å². The van der Waals surface area contributed by atoms with E-state index in [1.54, 1.807) is 19.2 Å². The van der Waals surface area contributed by atoms with Gasteiger partial charge in [-0.25, -0.2) is 0 Å². The minimum Gasteiger partial charge on any atom is -0.496 e. The molecule has 0 spiro atoms. The molecule has 0 N–H and O–H groups in total. The van der Waals surface area contributed by atoms with E-state index in [0.29, 0.717) is 28.7 Å². The van der Waals surface area contributed by atoms with Gasteiger partial charge in [-0.05, 0) is 49.2 Å². The summed E-state index contributed by atoms with van der Waals surface area (Å²) in [5.41, 5.74) is 1.50. The molecule has 4 nitrogen and oxygen atoms in total. The highest BCUT2D eigenvalue weighted by Crippen LogP contribution is 2.25. The largest absolute Gasteiger partial charge is 0.496 e. The van der Waals surface area contributed by atoms with Crippen molar-refractivity contribution in [1.29, 1.82) is 0 Å². The smallest absolute Gasteiger partial charge is 0.253 e. The van der Waals surface area contributed by atoms with Crippen LogP contribution in [0.3, 0.4) is 0 Å². The fraction of sp³-hybridized carbons (Fsp3) is 0.316. The highest BCUT2D eigenvalue weighted by atomic mass is 35.5. The van der Waals surface area contributed by atoms with Gasteiger partial charge < -0.3 is 14.4 Å². The van der Waals surface area contributed by atoms with Gasteiger partial charge in [-0.15, -0.1) is 0 Å². The Hall–Kier alpha value is -2.20. The van der Waals surface area contributed by atoms with E-state index in [1.165, 1.54) is 0 Å². The summed E-state index contributed by atoms with van der Waals surface area (Å²) in [6.45, 7) is 1.98. The molecule has 2 aromatic rings. The summed E-state index contributed by atoms with van der Waals surface area (Å²) in [4.78, 5) is 14.4. The van der Waals surface area contributed by atoms with E-state index in [1.807, 2.05) is 35.2 Å². The number of hydrogen-bond donors (Lipinski definition) is 0. The van der Waals surface area contributed by atoms with Gasteiger partial charge in [0, 0.05) is 29.2 Å². The lowest BCUT2D eigenvalue weighted by Crippen LogP contribution is -2.27. The van der Waals surface area contributed by atoms with Gasteiger partial charge in [0.15, 0.2) is 0 Å². The predicted octanol–water partition coefficient (Wildman–Crippen LogP) is 4.16. The Morgan fingerprint density at radius 2 is 1.96 bits per heavy atom. The van der Waals surface area contributed by atoms with Crippen LogP contribution in [0.5, 0.6) is 11.5 Å². The summed E-state index contributed by atoms with van der Waals surface area (Å²) < 4.78 is 11.2. The zero-order valence-electron chi connectivity index (χ0n) is 13.6. The van der Waals surface area contributed by atoms with Crippen molar-refractivity contribution in [3.05, 3.63) is 58.6 Å². The van der Waals surface area contributed by atoms with E-state index in [-0.39, 0.29) is 5.91 Å². The molecule has 126 valence electrons. The molecule has 1 amide bonds. The van der Waals surface area contributed by atoms with Crippen molar-refractivity contribution in [1.82, 2.24) is 4.90 Å². The van der Waals surface area contributed by atoms with E-state index < -0.39 is 0 Å². The van der Waals surface area contributed by atoms with Crippen LogP contribution >= 0.6 is 11.6 Å². The Bertz CT molecular complexity index is 726. The molecule has 1 heterocycles. The van der Waals surface area contributed by atoms with Crippen LogP contribution in [0.25, 0.3) is 0 Å². The molecule has 0 radical (unpaired) electrons. The first-order chi connectivity index (χ1) is 11.7. The number of methoxy groups -OCH3 is 1. The van der Waals surface area contributed by atoms with E-state index >= 15 is 0 Å². The number of carbonyl (C=O) groups is 1. The molecule has 1 fully saturated rings. The zero-order valence-corrected chi connectivity index (χ0v) is 14.4. The Labute approximate surface area is 146 Å². The molecule has 0 aliphatic carbocycles. The third-order valence-electron chi connectivity index (χ3n) is 4.11. The maximum atomic E-state index is 12.5. The topological polar surface area (TPSA) is 38.8 Å². The second kappa shape index (κ2) is 7.58. The number of benzene rings is 2. The van der Waals surface area contributed by atoms with Crippen molar-refractivity contribution in [2.45, 2.75) is 19.4 Å². The molecule has 0 bridgehead atoms. The minimum atomic E-state index is 0.0687. The first-order valence-corrected chi connectivity index (χ1v) is 8.40. The van der Waals surface area contributed by atoms with Crippen LogP contribution in [0, 0.1) is 0 Å². The van der Waals surface area contributed by atoms with Crippen LogP contribution in [0.2, 0.25) is 5.02 Å². The standard InChI is InChI=1S/C19H20ClNO3/c1-23-18-8-7-14(19(22)21-9-2-3-10-21)11-15(18)13-24-17-6-4-5-16(20)12-17/h4-8,11-12H,2-3,9-10,13H2,1H3. The van der Waals surface area contributed by atoms with Crippen LogP contribution in [-0.4, -0.2) is 31.0 Å². The number of amides is 1. The van der Waals surface area contributed by atoms with Crippen molar-refractivity contribution in [3.8, 4) is 11.5 Å². The second-order valence-electron chi connectivity index (χ2n) is 5.77. The Morgan fingerprint density at radius 3 is 2.67 bits per heavy atom. The molecule has 3 rings (SSSR count). The number of ether oxygens (including phenoxy) is 2. The van der Waals surface area contributed by atoms with Gasteiger partial charge in [0.05, 0.1) is 7.11 Å². The van der Waals surface area contributed by atoms with Crippen molar-refractivity contribution >= 4 is 17.5 Å². The van der Waals surface area contributed by atoms with E-state index in [4.69, 9.17) is 21.1 Å². The number of carbonyl (C=O) groups excluding carboxylic acids is 1. The lowest BCUT2D eigenvalue weighted by Gasteiger charge is -2.17. The van der Waals surface area contributed by atoms with Crippen LogP contribution < -0.4 is 9.47 Å². The summed E-state index contributed by atoms with van der Waals surface area (Å²) in [5.74, 6) is 1.45. The number of rotatable bonds is 5. The molecule has 1 saturated heterocycles. The van der Waals surface area contributed by atoms with Gasteiger partial charge >= 0.3 is 0 Å². The van der Waals surface area contributed by atoms with Crippen molar-refractivity contribution < 1.29 is 14.3 Å². The molecular weight excluding hydrogens is 326 g/mol. The summed E-state index contributed by atoms with van der Waals surface area (Å²) >= 11 is 5.97. The molecular formula is C19H20ClNO3. The fourth-order valence-corrected chi connectivity index (χ4v) is 3.03. The normalized spacial score (nSPS) is 13.8. The average molecular weight is 346 g/mol. The van der Waals surface area contributed by atoms with Crippen molar-refractivity contribution in [3.63, 3.8) is 0 Å². The minimum absolute atomic E-state index is 0.0687. The van der Waals surface area contributed by atoms with Gasteiger partial charge in [-0.2, -0.15) is 0 Å². The van der Waals surface area contributed by atoms with Gasteiger partial charge in [0.25, 0.3) is 5.91 Å². The fourth-order valence-electron chi connectivity index (χ4n) is 2.85. The molecule has 24 heavy (non-hydrogen) atoms. The van der Waals surface area contributed by atoms with Gasteiger partial charge in [0.1, 0.15) is 18.1 Å². The maximum absolute atomic E-state index is 12.5. The van der Waals surface area contributed by atoms with Crippen LogP contribution in [0.15, 0.2) is 42.5 Å². The summed E-state index contributed by atoms with van der Waals surface area (Å²) in [7, 11) is 1.61. The number of likely N-dealkylation sites (tertiary alicyclic amines) is 1. The third kappa shape index (κ3) is 3.82. The Kier molecular flexibility index (Phi) is 5.26. The molecule has 0 aromatic heterocycles. The van der Waals surface area contributed by atoms with Crippen molar-refractivity contribution in [2.24, 2.45) is 0 Å². The van der Waals surface area contributed by atoms with E-state index in [2.05, 4.69) is 0 Å². The quantitative estimate of drug-likeness (QED) is 0.816. The number of halogens is 1. The van der Waals surface area contributed by atoms with E-state index in [9.17, 15) is 4.79 Å². The molecule has 1 aliphatic heterocycles. The van der Waals surface area contributed by atoms with Crippen LogP contribution in [0.4, 0.5) is 0 Å². The SMILES string of the molecule is COc1ccc(C(=O)N2CCCC2)cc1COc1cccc(Cl)c1. The molecule has 0 unspecified atom stereocenters. The summed E-state index contributed by atoms with van der Waals surface area (Å²) in [6, 6.07) is 12.7. The first kappa shape index (κ1) is 16.7. The van der Waals surface area contributed by atoms with Gasteiger partial charge in [-0.1, -0.05) is 17.7 Å². The summed E-state index contributed by atoms with van der Waals surface area (Å²) in [6.07, 6.45) is 2.15. The highest BCUT2D eigenvalue weighted by Gasteiger charge is 2.20. The highest BCUT2D eigenvalue weighted by molar-refractivity contribution is 6.30. The molecule has 0 saturated carbocycles. The number of hydrogen-bond acceptors (Lipinski definition) is 3. The second-order valence-corrected chi connectivity index (χ2v) is 6.21. The average Bonchev–Trinajstić information content (AvgIpc) is 3.13. The lowest BCUT2D eigenvalue weighted by atomic mass is 10.1. The first-order valence-electron chi connectivity index (χ1n) is 8.02. The zero-order chi connectivity index (χ0) is 16.9. The molecule has 0 atom stereocenters. The number of nitrogens with zero attached hydrogens (tertiary/aromatic N) is 1. The third-order valence-corrected chi connectivity index (χ3v) is 4.35. The predicted molar refractivity (Wildman–Crippen MR) is 93.9 cm³/mol. The summed E-state index contributed by atoms with van der Waals surface area (Å²) in [5, 5.41) is 0.623. The molecule has 1 aliphatic rings. The maximum Gasteiger partial charge on any atom is 0.253 e. The Morgan fingerprint density at radius 1 is 1.17 bits per heavy atom. The van der Waals surface area contributed by atoms with E-state index in [0.717, 1.165) is 31.5 Å². The van der Waals surface area contributed by atoms with Gasteiger partial charge in [-0.3, -0.25) is 4.79 Å². The van der Waals surface area contributed by atoms with Crippen LogP contribution in [-0.2, 0) is 6.61 Å². The molecule has 5 heteroatoms. The van der Waals surface area contributed by atoms with Crippen molar-refractivity contribution in [2.75, 3.05) is 20.2 Å². The monoisotopic (exact) mass is 345 g/mol. The Balaban J connectivity index is 1.77. The van der Waals surface area contributed by atoms with Crippen LogP contribution in [0.1, 0.15) is 28.8 Å². The molecule has 2 aromatic carbocycles. The lowest BCUT2D eigenvalue weighted by molar-refractivity contribution is 0.0792.